The van der Waals surface area contributed by atoms with Crippen LogP contribution < -0.4 is 5.32 Å². The summed E-state index contributed by atoms with van der Waals surface area (Å²) in [5, 5.41) is 7.76. The summed E-state index contributed by atoms with van der Waals surface area (Å²) in [5.41, 5.74) is 3.65. The molecule has 0 saturated carbocycles. The molecule has 1 N–H and O–H groups in total. The summed E-state index contributed by atoms with van der Waals surface area (Å²) in [6, 6.07) is 12.6. The van der Waals surface area contributed by atoms with Crippen molar-refractivity contribution in [2.75, 3.05) is 7.05 Å². The Hall–Kier alpha value is -3.68. The Balaban J connectivity index is 1.50. The Morgan fingerprint density at radius 1 is 1.19 bits per heavy atom. The molecule has 2 amide bonds. The highest BCUT2D eigenvalue weighted by atomic mass is 16.5. The number of carbonyl (C=O) groups excluding carboxylic acids is 3. The van der Waals surface area contributed by atoms with Gasteiger partial charge in [0.15, 0.2) is 0 Å². The summed E-state index contributed by atoms with van der Waals surface area (Å²) < 4.78 is 6.64. The molecule has 0 saturated heterocycles. The van der Waals surface area contributed by atoms with Gasteiger partial charge >= 0.3 is 6.09 Å². The van der Waals surface area contributed by atoms with Crippen LogP contribution in [0.3, 0.4) is 0 Å². The number of nitrogens with zero attached hydrogens (tertiary/aromatic N) is 3. The molecule has 8 heteroatoms. The van der Waals surface area contributed by atoms with Gasteiger partial charge in [-0.3, -0.25) is 9.59 Å². The number of carbonyl (C=O) groups is 3. The molecule has 0 unspecified atom stereocenters. The van der Waals surface area contributed by atoms with Crippen LogP contribution in [0.2, 0.25) is 0 Å². The van der Waals surface area contributed by atoms with Gasteiger partial charge in [-0.2, -0.15) is 5.10 Å². The molecule has 160 valence electrons. The zero-order valence-electron chi connectivity index (χ0n) is 17.5. The number of hydrogen-bond acceptors (Lipinski definition) is 5. The van der Waals surface area contributed by atoms with Gasteiger partial charge in [0, 0.05) is 25.9 Å². The first-order valence-corrected chi connectivity index (χ1v) is 10.2. The van der Waals surface area contributed by atoms with E-state index in [-0.39, 0.29) is 18.4 Å². The lowest BCUT2D eigenvalue weighted by atomic mass is 9.94. The third-order valence-electron chi connectivity index (χ3n) is 5.54. The van der Waals surface area contributed by atoms with Gasteiger partial charge in [-0.25, -0.2) is 9.48 Å². The van der Waals surface area contributed by atoms with Gasteiger partial charge in [0.05, 0.1) is 11.7 Å². The maximum Gasteiger partial charge on any atom is 0.408 e. The molecule has 4 rings (SSSR count). The van der Waals surface area contributed by atoms with E-state index in [0.717, 1.165) is 27.6 Å². The molecule has 1 aliphatic rings. The Morgan fingerprint density at radius 3 is 2.71 bits per heavy atom. The number of likely N-dealkylation sites (N-methyl/N-ethyl adjacent to an activating group) is 1. The van der Waals surface area contributed by atoms with E-state index in [2.05, 4.69) is 10.4 Å². The Kier molecular flexibility index (Phi) is 5.70. The standard InChI is InChI=1S/C23H24N4O4/c1-15(28)27-21-11-9-17-8-10-20(22(29)26(2)13-19(17)18(21)12-24-27)25-23(30)31-14-16-6-4-3-5-7-16/h3-7,9,11-12,20H,8,10,13-14H2,1-2H3,(H,25,30)/t20-/m1/s1. The first-order valence-electron chi connectivity index (χ1n) is 10.2. The lowest BCUT2D eigenvalue weighted by molar-refractivity contribution is -0.132. The first kappa shape index (κ1) is 20.6. The second-order valence-corrected chi connectivity index (χ2v) is 7.70. The summed E-state index contributed by atoms with van der Waals surface area (Å²) in [5.74, 6) is -0.346. The molecule has 1 atom stereocenters. The van der Waals surface area contributed by atoms with Gasteiger partial charge in [0.1, 0.15) is 12.6 Å². The number of aryl methyl sites for hydroxylation is 1. The monoisotopic (exact) mass is 420 g/mol. The summed E-state index contributed by atoms with van der Waals surface area (Å²) in [4.78, 5) is 38.6. The van der Waals surface area contributed by atoms with Gasteiger partial charge < -0.3 is 15.0 Å². The molecule has 2 heterocycles. The zero-order chi connectivity index (χ0) is 22.0. The number of amides is 2. The van der Waals surface area contributed by atoms with Crippen molar-refractivity contribution in [1.82, 2.24) is 20.0 Å². The van der Waals surface area contributed by atoms with E-state index in [4.69, 9.17) is 4.74 Å². The van der Waals surface area contributed by atoms with Crippen LogP contribution in [0.1, 0.15) is 34.8 Å². The molecule has 0 fully saturated rings. The van der Waals surface area contributed by atoms with E-state index in [1.165, 1.54) is 11.6 Å². The third-order valence-corrected chi connectivity index (χ3v) is 5.54. The number of benzene rings is 2. The molecule has 31 heavy (non-hydrogen) atoms. The van der Waals surface area contributed by atoms with Crippen LogP contribution in [0.5, 0.6) is 0 Å². The molecular weight excluding hydrogens is 396 g/mol. The Bertz CT molecular complexity index is 1140. The average molecular weight is 420 g/mol. The van der Waals surface area contributed by atoms with E-state index in [1.807, 2.05) is 42.5 Å². The number of nitrogens with one attached hydrogen (secondary N) is 1. The van der Waals surface area contributed by atoms with Gasteiger partial charge in [-0.15, -0.1) is 0 Å². The first-order chi connectivity index (χ1) is 14.9. The fourth-order valence-electron chi connectivity index (χ4n) is 3.92. The van der Waals surface area contributed by atoms with E-state index in [1.54, 1.807) is 18.1 Å². The van der Waals surface area contributed by atoms with E-state index in [9.17, 15) is 14.4 Å². The van der Waals surface area contributed by atoms with E-state index >= 15 is 0 Å². The summed E-state index contributed by atoms with van der Waals surface area (Å²) in [6.07, 6.45) is 2.11. The fourth-order valence-corrected chi connectivity index (χ4v) is 3.92. The van der Waals surface area contributed by atoms with Gasteiger partial charge in [0.25, 0.3) is 0 Å². The van der Waals surface area contributed by atoms with Gasteiger partial charge in [-0.05, 0) is 35.6 Å². The van der Waals surface area contributed by atoms with E-state index < -0.39 is 12.1 Å². The zero-order valence-corrected chi connectivity index (χ0v) is 17.5. The van der Waals surface area contributed by atoms with Crippen LogP contribution in [0.25, 0.3) is 10.9 Å². The number of rotatable bonds is 3. The highest BCUT2D eigenvalue weighted by Crippen LogP contribution is 2.27. The molecule has 2 aromatic carbocycles. The van der Waals surface area contributed by atoms with Crippen LogP contribution in [-0.4, -0.2) is 45.7 Å². The van der Waals surface area contributed by atoms with E-state index in [0.29, 0.717) is 19.4 Å². The lowest BCUT2D eigenvalue weighted by Gasteiger charge is -2.28. The quantitative estimate of drug-likeness (QED) is 0.703. The van der Waals surface area contributed by atoms with Gasteiger partial charge in [0.2, 0.25) is 11.8 Å². The summed E-state index contributed by atoms with van der Waals surface area (Å²) >= 11 is 0. The minimum Gasteiger partial charge on any atom is -0.445 e. The molecule has 1 aliphatic heterocycles. The van der Waals surface area contributed by atoms with Crippen molar-refractivity contribution in [2.45, 2.75) is 39.0 Å². The molecular formula is C23H24N4O4. The van der Waals surface area contributed by atoms with Crippen LogP contribution in [0.4, 0.5) is 4.79 Å². The number of fused-ring (bicyclic) bond motifs is 3. The van der Waals surface area contributed by atoms with Crippen molar-refractivity contribution >= 4 is 28.8 Å². The number of hydrogen-bond donors (Lipinski definition) is 1. The van der Waals surface area contributed by atoms with Crippen molar-refractivity contribution in [3.05, 3.63) is 65.4 Å². The maximum absolute atomic E-state index is 12.9. The van der Waals surface area contributed by atoms with Gasteiger partial charge in [-0.1, -0.05) is 36.4 Å². The fraction of sp³-hybridized carbons (Fsp3) is 0.304. The Morgan fingerprint density at radius 2 is 1.97 bits per heavy atom. The molecule has 3 aromatic rings. The highest BCUT2D eigenvalue weighted by molar-refractivity contribution is 5.93. The van der Waals surface area contributed by atoms with Crippen molar-refractivity contribution in [3.8, 4) is 0 Å². The Labute approximate surface area is 179 Å². The normalized spacial score (nSPS) is 16.4. The molecule has 0 radical (unpaired) electrons. The minimum atomic E-state index is -0.669. The number of aromatic nitrogens is 2. The van der Waals surface area contributed by atoms with Crippen LogP contribution in [0.15, 0.2) is 48.7 Å². The molecule has 1 aromatic heterocycles. The predicted molar refractivity (Wildman–Crippen MR) is 114 cm³/mol. The number of ether oxygens (including phenoxy) is 1. The van der Waals surface area contributed by atoms with Crippen molar-refractivity contribution < 1.29 is 19.1 Å². The lowest BCUT2D eigenvalue weighted by Crippen LogP contribution is -2.48. The summed E-state index contributed by atoms with van der Waals surface area (Å²) in [7, 11) is 1.70. The molecule has 0 aliphatic carbocycles. The van der Waals surface area contributed by atoms with Crippen LogP contribution in [-0.2, 0) is 29.1 Å². The third kappa shape index (κ3) is 4.28. The molecule has 0 spiro atoms. The maximum atomic E-state index is 12.9. The van der Waals surface area contributed by atoms with Crippen LogP contribution >= 0.6 is 0 Å². The van der Waals surface area contributed by atoms with Crippen molar-refractivity contribution in [1.29, 1.82) is 0 Å². The molecule has 8 nitrogen and oxygen atoms in total. The van der Waals surface area contributed by atoms with Crippen molar-refractivity contribution in [3.63, 3.8) is 0 Å². The second-order valence-electron chi connectivity index (χ2n) is 7.70. The van der Waals surface area contributed by atoms with Crippen molar-refractivity contribution in [2.24, 2.45) is 0 Å². The highest BCUT2D eigenvalue weighted by Gasteiger charge is 2.28. The largest absolute Gasteiger partial charge is 0.445 e. The second kappa shape index (κ2) is 8.59. The van der Waals surface area contributed by atoms with Crippen LogP contribution in [0, 0.1) is 0 Å². The molecule has 0 bridgehead atoms. The smallest absolute Gasteiger partial charge is 0.408 e. The summed E-state index contributed by atoms with van der Waals surface area (Å²) in [6.45, 7) is 1.97. The SMILES string of the molecule is CC(=O)n1ncc2c3c(ccc21)CC[C@@H](NC(=O)OCc1ccccc1)C(=O)N(C)C3. The number of alkyl carbamates (subject to hydrolysis) is 1. The predicted octanol–water partition coefficient (Wildman–Crippen LogP) is 2.90. The topological polar surface area (TPSA) is 93.5 Å². The minimum absolute atomic E-state index is 0.143. The average Bonchev–Trinajstić information content (AvgIpc) is 3.20.